The van der Waals surface area contributed by atoms with Crippen molar-refractivity contribution >= 4 is 16.7 Å². The Hall–Kier alpha value is -2.71. The van der Waals surface area contributed by atoms with Gasteiger partial charge in [-0.15, -0.1) is 0 Å². The summed E-state index contributed by atoms with van der Waals surface area (Å²) in [6.45, 7) is 3.95. The Balaban J connectivity index is 1.22. The Kier molecular flexibility index (Phi) is 7.25. The number of amides is 1. The number of likely N-dealkylation sites (tertiary alicyclic amines) is 2. The van der Waals surface area contributed by atoms with Crippen LogP contribution in [0.5, 0.6) is 0 Å². The molecule has 2 fully saturated rings. The van der Waals surface area contributed by atoms with Gasteiger partial charge >= 0.3 is 0 Å². The molecule has 0 bridgehead atoms. The molecule has 0 aliphatic carbocycles. The second kappa shape index (κ2) is 10.7. The number of hydrogen-bond acceptors (Lipinski definition) is 4. The first kappa shape index (κ1) is 23.1. The zero-order chi connectivity index (χ0) is 23.3. The van der Waals surface area contributed by atoms with E-state index < -0.39 is 10.8 Å². The molecule has 4 heterocycles. The van der Waals surface area contributed by atoms with E-state index >= 15 is 0 Å². The van der Waals surface area contributed by atoms with Crippen molar-refractivity contribution in [1.82, 2.24) is 24.1 Å². The zero-order valence-corrected chi connectivity index (χ0v) is 20.4. The van der Waals surface area contributed by atoms with Gasteiger partial charge in [-0.2, -0.15) is 5.10 Å². The van der Waals surface area contributed by atoms with Gasteiger partial charge in [0, 0.05) is 47.9 Å². The van der Waals surface area contributed by atoms with Gasteiger partial charge in [-0.1, -0.05) is 24.6 Å². The fraction of sp³-hybridized carbons (Fsp3) is 0.462. The molecule has 2 aromatic heterocycles. The maximum absolute atomic E-state index is 13.1. The molecule has 1 amide bonds. The molecular weight excluding hydrogens is 446 g/mol. The fourth-order valence-electron chi connectivity index (χ4n) is 5.20. The van der Waals surface area contributed by atoms with E-state index in [2.05, 4.69) is 10.00 Å². The Morgan fingerprint density at radius 1 is 0.941 bits per heavy atom. The molecule has 1 aromatic carbocycles. The summed E-state index contributed by atoms with van der Waals surface area (Å²) in [5.74, 6) is 1.24. The van der Waals surface area contributed by atoms with Gasteiger partial charge in [-0.05, 0) is 63.0 Å². The van der Waals surface area contributed by atoms with Crippen LogP contribution in [-0.2, 0) is 21.3 Å². The third-order valence-electron chi connectivity index (χ3n) is 6.99. The van der Waals surface area contributed by atoms with Crippen LogP contribution >= 0.6 is 0 Å². The normalized spacial score (nSPS) is 18.8. The molecule has 2 aliphatic heterocycles. The average Bonchev–Trinajstić information content (AvgIpc) is 3.55. The van der Waals surface area contributed by atoms with Gasteiger partial charge in [-0.3, -0.25) is 9.00 Å². The number of rotatable bonds is 7. The first-order valence-corrected chi connectivity index (χ1v) is 13.8. The molecule has 0 radical (unpaired) electrons. The van der Waals surface area contributed by atoms with Crippen LogP contribution in [0.3, 0.4) is 0 Å². The maximum atomic E-state index is 13.1. The quantitative estimate of drug-likeness (QED) is 0.521. The highest BCUT2D eigenvalue weighted by atomic mass is 32.2. The summed E-state index contributed by atoms with van der Waals surface area (Å²) in [6.07, 6.45) is 11.7. The standard InChI is InChI=1S/C26H33N5O2S/c32-25(29-17-11-23(12-18-29)28-13-5-2-6-14-28)21-34(33)20-22-19-27-31(24-9-3-1-4-10-24)26(22)30-15-7-8-16-30/h1,3-4,7-10,15-16,19,23H,2,5-6,11-14,17-18,20-21H2/t34-/m0/s1. The second-order valence-electron chi connectivity index (χ2n) is 9.27. The van der Waals surface area contributed by atoms with Crippen LogP contribution in [-0.4, -0.2) is 72.2 Å². The number of carbonyl (C=O) groups excluding carboxylic acids is 1. The number of aromatic nitrogens is 3. The van der Waals surface area contributed by atoms with Crippen molar-refractivity contribution in [3.05, 3.63) is 66.6 Å². The molecule has 1 atom stereocenters. The lowest BCUT2D eigenvalue weighted by Gasteiger charge is -2.40. The lowest BCUT2D eigenvalue weighted by molar-refractivity contribution is -0.130. The van der Waals surface area contributed by atoms with Gasteiger partial charge in [0.2, 0.25) is 5.91 Å². The largest absolute Gasteiger partial charge is 0.342 e. The van der Waals surface area contributed by atoms with E-state index in [4.69, 9.17) is 0 Å². The van der Waals surface area contributed by atoms with Crippen LogP contribution in [0.15, 0.2) is 61.1 Å². The minimum Gasteiger partial charge on any atom is -0.342 e. The Labute approximate surface area is 203 Å². The Bertz CT molecular complexity index is 1100. The number of para-hydroxylation sites is 1. The Morgan fingerprint density at radius 3 is 2.35 bits per heavy atom. The minimum atomic E-state index is -1.30. The van der Waals surface area contributed by atoms with Crippen molar-refractivity contribution < 1.29 is 9.00 Å². The Morgan fingerprint density at radius 2 is 1.65 bits per heavy atom. The molecule has 0 N–H and O–H groups in total. The lowest BCUT2D eigenvalue weighted by atomic mass is 10.00. The van der Waals surface area contributed by atoms with Gasteiger partial charge in [0.25, 0.3) is 0 Å². The van der Waals surface area contributed by atoms with Gasteiger partial charge < -0.3 is 14.4 Å². The monoisotopic (exact) mass is 479 g/mol. The number of hydrogen-bond donors (Lipinski definition) is 0. The predicted molar refractivity (Wildman–Crippen MR) is 135 cm³/mol. The highest BCUT2D eigenvalue weighted by Crippen LogP contribution is 2.23. The summed E-state index contributed by atoms with van der Waals surface area (Å²) in [7, 11) is -1.30. The second-order valence-corrected chi connectivity index (χ2v) is 10.7. The summed E-state index contributed by atoms with van der Waals surface area (Å²) < 4.78 is 16.9. The van der Waals surface area contributed by atoms with Crippen molar-refractivity contribution in [2.75, 3.05) is 31.9 Å². The van der Waals surface area contributed by atoms with Crippen LogP contribution in [0, 0.1) is 0 Å². The maximum Gasteiger partial charge on any atom is 0.235 e. The number of benzene rings is 1. The summed E-state index contributed by atoms with van der Waals surface area (Å²) >= 11 is 0. The van der Waals surface area contributed by atoms with E-state index in [1.807, 2.05) is 69.0 Å². The van der Waals surface area contributed by atoms with Crippen molar-refractivity contribution in [3.63, 3.8) is 0 Å². The van der Waals surface area contributed by atoms with Crippen molar-refractivity contribution in [1.29, 1.82) is 0 Å². The van der Waals surface area contributed by atoms with E-state index in [9.17, 15) is 9.00 Å². The molecule has 7 nitrogen and oxygen atoms in total. The summed E-state index contributed by atoms with van der Waals surface area (Å²) in [6, 6.07) is 14.4. The molecule has 0 saturated carbocycles. The smallest absolute Gasteiger partial charge is 0.235 e. The minimum absolute atomic E-state index is 0.00777. The highest BCUT2D eigenvalue weighted by Gasteiger charge is 2.28. The van der Waals surface area contributed by atoms with Crippen LogP contribution in [0.1, 0.15) is 37.7 Å². The molecule has 180 valence electrons. The zero-order valence-electron chi connectivity index (χ0n) is 19.6. The molecule has 5 rings (SSSR count). The van der Waals surface area contributed by atoms with E-state index in [0.29, 0.717) is 11.8 Å². The molecule has 3 aromatic rings. The molecule has 8 heteroatoms. The molecular formula is C26H33N5O2S. The fourth-order valence-corrected chi connectivity index (χ4v) is 6.31. The average molecular weight is 480 g/mol. The first-order chi connectivity index (χ1) is 16.7. The van der Waals surface area contributed by atoms with Crippen molar-refractivity contribution in [2.24, 2.45) is 0 Å². The topological polar surface area (TPSA) is 63.4 Å². The van der Waals surface area contributed by atoms with Crippen molar-refractivity contribution in [2.45, 2.75) is 43.9 Å². The number of carbonyl (C=O) groups is 1. The lowest BCUT2D eigenvalue weighted by Crippen LogP contribution is -2.49. The van der Waals surface area contributed by atoms with Gasteiger partial charge in [0.05, 0.1) is 17.6 Å². The van der Waals surface area contributed by atoms with Gasteiger partial charge in [-0.25, -0.2) is 4.68 Å². The van der Waals surface area contributed by atoms with Crippen LogP contribution in [0.2, 0.25) is 0 Å². The van der Waals surface area contributed by atoms with Gasteiger partial charge in [0.15, 0.2) is 0 Å². The van der Waals surface area contributed by atoms with Gasteiger partial charge in [0.1, 0.15) is 11.6 Å². The highest BCUT2D eigenvalue weighted by molar-refractivity contribution is 7.84. The third-order valence-corrected chi connectivity index (χ3v) is 8.19. The number of nitrogens with zero attached hydrogens (tertiary/aromatic N) is 5. The molecule has 34 heavy (non-hydrogen) atoms. The summed E-state index contributed by atoms with van der Waals surface area (Å²) in [5.41, 5.74) is 1.81. The SMILES string of the molecule is O=C(C[S@@](=O)Cc1cnn(-c2ccccc2)c1-n1cccc1)N1CCC(N2CCCCC2)CC1. The molecule has 0 spiro atoms. The number of piperidine rings is 2. The summed E-state index contributed by atoms with van der Waals surface area (Å²) in [4.78, 5) is 17.4. The van der Waals surface area contributed by atoms with Crippen LogP contribution < -0.4 is 0 Å². The van der Waals surface area contributed by atoms with Crippen LogP contribution in [0.4, 0.5) is 0 Å². The van der Waals surface area contributed by atoms with E-state index in [1.54, 1.807) is 6.20 Å². The molecule has 0 unspecified atom stereocenters. The summed E-state index contributed by atoms with van der Waals surface area (Å²) in [5, 5.41) is 4.58. The van der Waals surface area contributed by atoms with E-state index in [0.717, 1.165) is 43.0 Å². The van der Waals surface area contributed by atoms with E-state index in [1.165, 1.54) is 32.4 Å². The molecule has 2 aliphatic rings. The molecule has 2 saturated heterocycles. The van der Waals surface area contributed by atoms with E-state index in [-0.39, 0.29) is 11.7 Å². The van der Waals surface area contributed by atoms with Crippen LogP contribution in [0.25, 0.3) is 11.5 Å². The first-order valence-electron chi connectivity index (χ1n) is 12.3. The van der Waals surface area contributed by atoms with Crippen molar-refractivity contribution in [3.8, 4) is 11.5 Å². The third kappa shape index (κ3) is 5.18. The predicted octanol–water partition coefficient (Wildman–Crippen LogP) is 3.39.